The van der Waals surface area contributed by atoms with Crippen LogP contribution < -0.4 is 20.9 Å². The van der Waals surface area contributed by atoms with E-state index in [1.165, 1.54) is 17.5 Å². The molecular weight excluding hydrogens is 466 g/mol. The molecular formula is C29H39N5O3. The highest BCUT2D eigenvalue weighted by Gasteiger charge is 2.37. The predicted octanol–water partition coefficient (Wildman–Crippen LogP) is 5.71. The Kier molecular flexibility index (Phi) is 6.25. The van der Waals surface area contributed by atoms with E-state index < -0.39 is 6.23 Å². The minimum atomic E-state index is -1.06. The van der Waals surface area contributed by atoms with Gasteiger partial charge in [-0.25, -0.2) is 10.9 Å². The molecule has 5 rings (SSSR count). The lowest BCUT2D eigenvalue weighted by molar-refractivity contribution is 0.0909. The third kappa shape index (κ3) is 4.69. The molecule has 2 atom stereocenters. The van der Waals surface area contributed by atoms with Gasteiger partial charge >= 0.3 is 0 Å². The lowest BCUT2D eigenvalue weighted by Gasteiger charge is -2.42. The fourth-order valence-electron chi connectivity index (χ4n) is 5.59. The first kappa shape index (κ1) is 25.6. The first-order valence-corrected chi connectivity index (χ1v) is 13.0. The summed E-state index contributed by atoms with van der Waals surface area (Å²) in [5.74, 6) is 2.41. The van der Waals surface area contributed by atoms with E-state index in [1.54, 1.807) is 12.1 Å². The Hall–Kier alpha value is -3.07. The van der Waals surface area contributed by atoms with Gasteiger partial charge in [-0.15, -0.1) is 0 Å². The number of allylic oxidation sites excluding steroid dienone is 1. The number of aliphatic hydroxyl groups excluding tert-OH is 1. The first-order valence-electron chi connectivity index (χ1n) is 13.0. The average molecular weight is 506 g/mol. The van der Waals surface area contributed by atoms with Crippen LogP contribution in [-0.2, 0) is 17.9 Å². The Labute approximate surface area is 219 Å². The maximum absolute atomic E-state index is 10.7. The Morgan fingerprint density at radius 3 is 2.49 bits per heavy atom. The summed E-state index contributed by atoms with van der Waals surface area (Å²) in [6, 6.07) is 7.88. The van der Waals surface area contributed by atoms with Gasteiger partial charge in [0.25, 0.3) is 5.95 Å². The second-order valence-electron chi connectivity index (χ2n) is 11.8. The van der Waals surface area contributed by atoms with Gasteiger partial charge in [0, 0.05) is 18.7 Å². The maximum Gasteiger partial charge on any atom is 0.290 e. The van der Waals surface area contributed by atoms with E-state index in [-0.39, 0.29) is 17.0 Å². The number of anilines is 1. The molecule has 2 aromatic heterocycles. The number of aliphatic hydroxyl groups is 1. The van der Waals surface area contributed by atoms with Crippen LogP contribution in [0.4, 0.5) is 5.82 Å². The maximum atomic E-state index is 10.7. The monoisotopic (exact) mass is 505 g/mol. The minimum Gasteiger partial charge on any atom is -0.426 e. The zero-order valence-corrected chi connectivity index (χ0v) is 23.1. The van der Waals surface area contributed by atoms with E-state index in [2.05, 4.69) is 81.0 Å². The third-order valence-electron chi connectivity index (χ3n) is 7.93. The molecule has 37 heavy (non-hydrogen) atoms. The molecule has 4 N–H and O–H groups in total. The van der Waals surface area contributed by atoms with Gasteiger partial charge < -0.3 is 19.6 Å². The molecule has 0 fully saturated rings. The number of nitrogens with zero attached hydrogens (tertiary/aromatic N) is 2. The van der Waals surface area contributed by atoms with E-state index in [4.69, 9.17) is 9.15 Å². The van der Waals surface area contributed by atoms with Crippen molar-refractivity contribution in [1.82, 2.24) is 20.6 Å². The largest absolute Gasteiger partial charge is 0.426 e. The second-order valence-corrected chi connectivity index (χ2v) is 11.8. The van der Waals surface area contributed by atoms with Gasteiger partial charge in [-0.05, 0) is 84.9 Å². The summed E-state index contributed by atoms with van der Waals surface area (Å²) in [6.07, 6.45) is 3.06. The number of rotatable bonds is 6. The van der Waals surface area contributed by atoms with Gasteiger partial charge in [-0.1, -0.05) is 33.8 Å². The standard InChI is InChI=1S/C29H39N5O3/c1-16-13-19-20(29(6,7)12-11-28(19,4)5)15-22(16)37-24-10-9-21(36-24)27(35)32-31-23-14-17(2)25-18(3)33-34(8)26(25)30-23/h9-10,13-15,23,27,30-32,35H,11-12H2,1-8H3/t23-,27-/m1/s1. The van der Waals surface area contributed by atoms with Crippen molar-refractivity contribution < 1.29 is 14.3 Å². The van der Waals surface area contributed by atoms with Crippen LogP contribution in [0.25, 0.3) is 5.57 Å². The van der Waals surface area contributed by atoms with Crippen LogP contribution in [0.1, 0.15) is 87.4 Å². The number of nitrogens with one attached hydrogen (secondary N) is 3. The molecule has 0 bridgehead atoms. The van der Waals surface area contributed by atoms with Crippen LogP contribution in [0.5, 0.6) is 11.7 Å². The molecule has 0 saturated heterocycles. The van der Waals surface area contributed by atoms with Crippen molar-refractivity contribution >= 4 is 11.4 Å². The number of benzene rings is 1. The number of furan rings is 1. The number of hydrogen-bond acceptors (Lipinski definition) is 7. The van der Waals surface area contributed by atoms with E-state index >= 15 is 0 Å². The van der Waals surface area contributed by atoms with Gasteiger partial charge in [-0.2, -0.15) is 5.10 Å². The molecule has 8 heteroatoms. The summed E-state index contributed by atoms with van der Waals surface area (Å²) in [6.45, 7) is 15.4. The van der Waals surface area contributed by atoms with Crippen LogP contribution in [0.3, 0.4) is 0 Å². The molecule has 8 nitrogen and oxygen atoms in total. The molecule has 1 aliphatic heterocycles. The SMILES string of the molecule is CC1=C[C@@H](NN[C@H](O)c2ccc(Oc3cc4c(cc3C)C(C)(C)CCC4(C)C)o2)Nc2c1c(C)nn2C. The fourth-order valence-corrected chi connectivity index (χ4v) is 5.59. The number of hydrazine groups is 1. The van der Waals surface area contributed by atoms with Crippen molar-refractivity contribution in [3.8, 4) is 11.7 Å². The lowest BCUT2D eigenvalue weighted by atomic mass is 9.63. The normalized spacial score (nSPS) is 20.5. The zero-order chi connectivity index (χ0) is 26.7. The highest BCUT2D eigenvalue weighted by atomic mass is 16.6. The van der Waals surface area contributed by atoms with Gasteiger partial charge in [0.15, 0.2) is 12.0 Å². The molecule has 1 aliphatic carbocycles. The van der Waals surface area contributed by atoms with E-state index in [0.717, 1.165) is 40.4 Å². The molecule has 1 aromatic carbocycles. The van der Waals surface area contributed by atoms with Crippen molar-refractivity contribution in [3.63, 3.8) is 0 Å². The molecule has 198 valence electrons. The third-order valence-corrected chi connectivity index (χ3v) is 7.93. The summed E-state index contributed by atoms with van der Waals surface area (Å²) in [7, 11) is 1.91. The lowest BCUT2D eigenvalue weighted by Crippen LogP contribution is -2.47. The number of ether oxygens (including phenoxy) is 1. The van der Waals surface area contributed by atoms with Gasteiger partial charge in [-0.3, -0.25) is 4.68 Å². The van der Waals surface area contributed by atoms with Crippen molar-refractivity contribution in [2.24, 2.45) is 7.05 Å². The number of fused-ring (bicyclic) bond motifs is 2. The quantitative estimate of drug-likeness (QED) is 0.252. The molecule has 2 aliphatic rings. The van der Waals surface area contributed by atoms with Crippen LogP contribution in [-0.4, -0.2) is 21.1 Å². The van der Waals surface area contributed by atoms with Crippen molar-refractivity contribution in [2.75, 3.05) is 5.32 Å². The fraction of sp³-hybridized carbons (Fsp3) is 0.483. The Morgan fingerprint density at radius 2 is 1.78 bits per heavy atom. The average Bonchev–Trinajstić information content (AvgIpc) is 3.40. The smallest absolute Gasteiger partial charge is 0.290 e. The van der Waals surface area contributed by atoms with Crippen LogP contribution >= 0.6 is 0 Å². The van der Waals surface area contributed by atoms with Crippen molar-refractivity contribution in [3.05, 3.63) is 64.0 Å². The Bertz CT molecular complexity index is 1360. The van der Waals surface area contributed by atoms with Crippen molar-refractivity contribution in [1.29, 1.82) is 0 Å². The van der Waals surface area contributed by atoms with Crippen LogP contribution in [0, 0.1) is 13.8 Å². The predicted molar refractivity (Wildman–Crippen MR) is 145 cm³/mol. The first-order chi connectivity index (χ1) is 17.4. The summed E-state index contributed by atoms with van der Waals surface area (Å²) < 4.78 is 13.9. The van der Waals surface area contributed by atoms with Gasteiger partial charge in [0.2, 0.25) is 0 Å². The number of aryl methyl sites for hydroxylation is 3. The number of aromatic nitrogens is 2. The van der Waals surface area contributed by atoms with Crippen LogP contribution in [0.2, 0.25) is 0 Å². The Balaban J connectivity index is 1.27. The van der Waals surface area contributed by atoms with Gasteiger partial charge in [0.1, 0.15) is 17.7 Å². The highest BCUT2D eigenvalue weighted by Crippen LogP contribution is 2.48. The molecule has 0 spiro atoms. The molecule has 3 heterocycles. The van der Waals surface area contributed by atoms with E-state index in [1.807, 2.05) is 18.7 Å². The molecule has 0 amide bonds. The van der Waals surface area contributed by atoms with E-state index in [9.17, 15) is 5.11 Å². The highest BCUT2D eigenvalue weighted by molar-refractivity contribution is 5.78. The Morgan fingerprint density at radius 1 is 1.11 bits per heavy atom. The summed E-state index contributed by atoms with van der Waals surface area (Å²) in [4.78, 5) is 0. The summed E-state index contributed by atoms with van der Waals surface area (Å²) in [5.41, 5.74) is 13.3. The molecule has 0 unspecified atom stereocenters. The summed E-state index contributed by atoms with van der Waals surface area (Å²) >= 11 is 0. The molecule has 0 radical (unpaired) electrons. The molecule has 3 aromatic rings. The molecule has 0 saturated carbocycles. The topological polar surface area (TPSA) is 96.5 Å². The van der Waals surface area contributed by atoms with Gasteiger partial charge in [0.05, 0.1) is 5.69 Å². The van der Waals surface area contributed by atoms with Crippen molar-refractivity contribution in [2.45, 2.75) is 84.5 Å². The summed E-state index contributed by atoms with van der Waals surface area (Å²) in [5, 5.41) is 18.6. The zero-order valence-electron chi connectivity index (χ0n) is 23.1. The van der Waals surface area contributed by atoms with E-state index in [0.29, 0.717) is 11.7 Å². The minimum absolute atomic E-state index is 0.0890. The second kappa shape index (κ2) is 9.04. The number of hydrogen-bond donors (Lipinski definition) is 4. The van der Waals surface area contributed by atoms with Crippen LogP contribution in [0.15, 0.2) is 34.8 Å².